The van der Waals surface area contributed by atoms with Crippen LogP contribution in [0.3, 0.4) is 0 Å². The summed E-state index contributed by atoms with van der Waals surface area (Å²) in [6.45, 7) is -0.666. The molecule has 1 aromatic carbocycles. The van der Waals surface area contributed by atoms with Crippen LogP contribution in [0.5, 0.6) is 0 Å². The quantitative estimate of drug-likeness (QED) is 0.761. The maximum Gasteiger partial charge on any atom is 0.181 e. The molecule has 1 atom stereocenters. The molecule has 1 unspecified atom stereocenters. The van der Waals surface area contributed by atoms with Gasteiger partial charge in [0, 0.05) is 0 Å². The van der Waals surface area contributed by atoms with Crippen molar-refractivity contribution in [2.24, 2.45) is 0 Å². The van der Waals surface area contributed by atoms with Crippen molar-refractivity contribution >= 4 is 9.84 Å². The molecular weight excluding hydrogens is 256 g/mol. The van der Waals surface area contributed by atoms with Crippen molar-refractivity contribution in [2.75, 3.05) is 12.4 Å². The van der Waals surface area contributed by atoms with Gasteiger partial charge in [0.25, 0.3) is 0 Å². The second-order valence-electron chi connectivity index (χ2n) is 3.55. The fourth-order valence-corrected chi connectivity index (χ4v) is 2.69. The lowest BCUT2D eigenvalue weighted by Crippen LogP contribution is -2.24. The lowest BCUT2D eigenvalue weighted by molar-refractivity contribution is 0.112. The number of rotatable bonds is 4. The van der Waals surface area contributed by atoms with E-state index in [2.05, 4.69) is 0 Å². The van der Waals surface area contributed by atoms with Crippen LogP contribution in [0.4, 0.5) is 0 Å². The van der Waals surface area contributed by atoms with Crippen LogP contribution < -0.4 is 0 Å². The minimum Gasteiger partial charge on any atom is -0.394 e. The molecule has 0 heterocycles. The normalized spacial score (nSPS) is 12.4. The van der Waals surface area contributed by atoms with E-state index in [1.807, 2.05) is 0 Å². The summed E-state index contributed by atoms with van der Waals surface area (Å²) in [5.41, 5.74) is 0.0382. The molecule has 6 nitrogen and oxygen atoms in total. The molecule has 0 fully saturated rings. The van der Waals surface area contributed by atoms with Gasteiger partial charge in [-0.3, -0.25) is 0 Å². The lowest BCUT2D eigenvalue weighted by Gasteiger charge is -2.08. The largest absolute Gasteiger partial charge is 0.394 e. The predicted molar refractivity (Wildman–Crippen MR) is 61.0 cm³/mol. The van der Waals surface area contributed by atoms with Gasteiger partial charge < -0.3 is 10.2 Å². The average Bonchev–Trinajstić information content (AvgIpc) is 2.37. The van der Waals surface area contributed by atoms with Crippen molar-refractivity contribution in [3.63, 3.8) is 0 Å². The molecule has 1 rings (SSSR count). The number of benzene rings is 1. The van der Waals surface area contributed by atoms with Crippen LogP contribution in [0.15, 0.2) is 23.1 Å². The minimum atomic E-state index is -3.80. The summed E-state index contributed by atoms with van der Waals surface area (Å²) in [7, 11) is -3.80. The first-order valence-electron chi connectivity index (χ1n) is 4.90. The second kappa shape index (κ2) is 5.61. The number of nitrogens with zero attached hydrogens (tertiary/aromatic N) is 2. The Morgan fingerprint density at radius 1 is 1.22 bits per heavy atom. The molecule has 7 heteroatoms. The fourth-order valence-electron chi connectivity index (χ4n) is 1.31. The number of nitriles is 2. The van der Waals surface area contributed by atoms with Gasteiger partial charge in [0.2, 0.25) is 0 Å². The lowest BCUT2D eigenvalue weighted by atomic mass is 10.1. The van der Waals surface area contributed by atoms with Gasteiger partial charge in [0.05, 0.1) is 34.5 Å². The molecule has 1 aromatic rings. The first-order chi connectivity index (χ1) is 8.44. The van der Waals surface area contributed by atoms with Gasteiger partial charge in [-0.2, -0.15) is 10.5 Å². The third-order valence-corrected chi connectivity index (χ3v) is 4.01. The van der Waals surface area contributed by atoms with Crippen molar-refractivity contribution in [3.8, 4) is 12.1 Å². The highest BCUT2D eigenvalue weighted by atomic mass is 32.2. The standard InChI is InChI=1S/C11H10N2O4S/c12-4-8-1-2-11(3-9(8)5-13)18(16,17)7-10(15)6-14/h1-3,10,14-15H,6-7H2. The van der Waals surface area contributed by atoms with Crippen LogP contribution in [0.2, 0.25) is 0 Å². The summed E-state index contributed by atoms with van der Waals surface area (Å²) in [5, 5.41) is 35.2. The molecule has 2 N–H and O–H groups in total. The molecule has 0 radical (unpaired) electrons. The number of aliphatic hydroxyl groups is 2. The number of sulfone groups is 1. The van der Waals surface area contributed by atoms with Crippen molar-refractivity contribution < 1.29 is 18.6 Å². The van der Waals surface area contributed by atoms with Crippen LogP contribution in [0.25, 0.3) is 0 Å². The van der Waals surface area contributed by atoms with Crippen molar-refractivity contribution in [3.05, 3.63) is 29.3 Å². The van der Waals surface area contributed by atoms with E-state index in [0.29, 0.717) is 0 Å². The maximum atomic E-state index is 11.8. The van der Waals surface area contributed by atoms with Crippen LogP contribution in [-0.2, 0) is 9.84 Å². The zero-order valence-corrected chi connectivity index (χ0v) is 10.1. The minimum absolute atomic E-state index is 0.0444. The Morgan fingerprint density at radius 3 is 2.33 bits per heavy atom. The highest BCUT2D eigenvalue weighted by molar-refractivity contribution is 7.91. The van der Waals surface area contributed by atoms with Crippen LogP contribution in [-0.4, -0.2) is 37.1 Å². The highest BCUT2D eigenvalue weighted by Gasteiger charge is 2.20. The summed E-state index contributed by atoms with van der Waals surface area (Å²) >= 11 is 0. The van der Waals surface area contributed by atoms with E-state index in [1.165, 1.54) is 12.1 Å². The van der Waals surface area contributed by atoms with E-state index in [1.54, 1.807) is 12.1 Å². The highest BCUT2D eigenvalue weighted by Crippen LogP contribution is 2.17. The number of hydrogen-bond acceptors (Lipinski definition) is 6. The van der Waals surface area contributed by atoms with E-state index in [-0.39, 0.29) is 16.0 Å². The molecule has 18 heavy (non-hydrogen) atoms. The Balaban J connectivity index is 3.20. The van der Waals surface area contributed by atoms with E-state index < -0.39 is 28.3 Å². The predicted octanol–water partition coefficient (Wildman–Crippen LogP) is -0.443. The molecule has 0 spiro atoms. The molecule has 0 saturated heterocycles. The molecule has 0 bridgehead atoms. The molecule has 0 aliphatic heterocycles. The summed E-state index contributed by atoms with van der Waals surface area (Å²) in [4.78, 5) is -0.162. The summed E-state index contributed by atoms with van der Waals surface area (Å²) < 4.78 is 23.6. The van der Waals surface area contributed by atoms with Crippen LogP contribution in [0.1, 0.15) is 11.1 Å². The third kappa shape index (κ3) is 3.05. The zero-order valence-electron chi connectivity index (χ0n) is 9.24. The summed E-state index contributed by atoms with van der Waals surface area (Å²) in [6, 6.07) is 7.01. The van der Waals surface area contributed by atoms with Crippen molar-refractivity contribution in [2.45, 2.75) is 11.0 Å². The second-order valence-corrected chi connectivity index (χ2v) is 5.58. The van der Waals surface area contributed by atoms with E-state index in [9.17, 15) is 8.42 Å². The SMILES string of the molecule is N#Cc1ccc(S(=O)(=O)CC(O)CO)cc1C#N. The zero-order chi connectivity index (χ0) is 13.8. The number of hydrogen-bond donors (Lipinski definition) is 2. The first kappa shape index (κ1) is 14.1. The Labute approximate surface area is 104 Å². The molecule has 0 saturated carbocycles. The van der Waals surface area contributed by atoms with Gasteiger partial charge >= 0.3 is 0 Å². The van der Waals surface area contributed by atoms with Gasteiger partial charge in [0.1, 0.15) is 12.1 Å². The maximum absolute atomic E-state index is 11.8. The molecule has 0 aliphatic carbocycles. The van der Waals surface area contributed by atoms with Gasteiger partial charge in [-0.15, -0.1) is 0 Å². The van der Waals surface area contributed by atoms with Crippen LogP contribution >= 0.6 is 0 Å². The average molecular weight is 266 g/mol. The fraction of sp³-hybridized carbons (Fsp3) is 0.273. The Bertz CT molecular complexity index is 625. The van der Waals surface area contributed by atoms with Gasteiger partial charge in [-0.25, -0.2) is 8.42 Å². The van der Waals surface area contributed by atoms with Gasteiger partial charge in [0.15, 0.2) is 9.84 Å². The molecule has 0 aliphatic rings. The van der Waals surface area contributed by atoms with Crippen molar-refractivity contribution in [1.82, 2.24) is 0 Å². The molecule has 94 valence electrons. The van der Waals surface area contributed by atoms with Crippen LogP contribution in [0, 0.1) is 22.7 Å². The summed E-state index contributed by atoms with van der Waals surface area (Å²) in [5.74, 6) is -0.639. The monoisotopic (exact) mass is 266 g/mol. The number of aliphatic hydroxyl groups excluding tert-OH is 2. The van der Waals surface area contributed by atoms with Gasteiger partial charge in [-0.1, -0.05) is 0 Å². The summed E-state index contributed by atoms with van der Waals surface area (Å²) in [6.07, 6.45) is -1.38. The third-order valence-electron chi connectivity index (χ3n) is 2.21. The Hall–Kier alpha value is -1.93. The van der Waals surface area contributed by atoms with Crippen molar-refractivity contribution in [1.29, 1.82) is 10.5 Å². The smallest absolute Gasteiger partial charge is 0.181 e. The molecule has 0 aromatic heterocycles. The Morgan fingerprint density at radius 2 is 1.83 bits per heavy atom. The Kier molecular flexibility index (Phi) is 4.40. The van der Waals surface area contributed by atoms with Gasteiger partial charge in [-0.05, 0) is 18.2 Å². The van der Waals surface area contributed by atoms with E-state index in [0.717, 1.165) is 6.07 Å². The molecule has 0 amide bonds. The first-order valence-corrected chi connectivity index (χ1v) is 6.55. The van der Waals surface area contributed by atoms with E-state index in [4.69, 9.17) is 20.7 Å². The molecular formula is C11H10N2O4S. The topological polar surface area (TPSA) is 122 Å². The van der Waals surface area contributed by atoms with E-state index >= 15 is 0 Å².